The Morgan fingerprint density at radius 1 is 0.848 bits per heavy atom. The van der Waals surface area contributed by atoms with Crippen molar-refractivity contribution in [3.8, 4) is 21.0 Å². The van der Waals surface area contributed by atoms with Crippen molar-refractivity contribution in [1.82, 2.24) is 9.71 Å². The van der Waals surface area contributed by atoms with Crippen LogP contribution in [0.3, 0.4) is 0 Å². The Kier molecular flexibility index (Phi) is 7.65. The second kappa shape index (κ2) is 10.7. The van der Waals surface area contributed by atoms with Crippen molar-refractivity contribution in [3.63, 3.8) is 0 Å². The molecule has 0 amide bonds. The van der Waals surface area contributed by atoms with Crippen LogP contribution >= 0.6 is 35.2 Å². The number of hydrogen-bond donors (Lipinski definition) is 3. The Bertz CT molecular complexity index is 1180. The zero-order chi connectivity index (χ0) is 23.3. The van der Waals surface area contributed by atoms with Crippen LogP contribution in [0.25, 0.3) is 21.0 Å². The highest BCUT2D eigenvalue weighted by Crippen LogP contribution is 2.39. The minimum Gasteiger partial charge on any atom is -0.388 e. The summed E-state index contributed by atoms with van der Waals surface area (Å²) in [4.78, 5) is 8.22. The predicted molar refractivity (Wildman–Crippen MR) is 147 cm³/mol. The summed E-state index contributed by atoms with van der Waals surface area (Å²) in [6.45, 7) is 6.52. The smallest absolute Gasteiger partial charge is 0.123 e. The largest absolute Gasteiger partial charge is 0.388 e. The summed E-state index contributed by atoms with van der Waals surface area (Å²) in [6, 6.07) is 25.2. The molecule has 33 heavy (non-hydrogen) atoms. The highest BCUT2D eigenvalue weighted by atomic mass is 32.2. The summed E-state index contributed by atoms with van der Waals surface area (Å²) in [5, 5.41) is 4.18. The lowest BCUT2D eigenvalue weighted by atomic mass is 10.1. The number of rotatable bonds is 8. The standard InChI is InChI=1S/C26H28N4S3/c1-26(2,3)30-33-23-16-20(29-32-21-8-6-5-7-9-21)14-15-22(23)24-17-28-25(31-24)18-10-12-19(27-4)13-11-18/h5-17,27,29-30H,1-4H3. The second-order valence-electron chi connectivity index (χ2n) is 8.54. The Labute approximate surface area is 208 Å². The fourth-order valence-corrected chi connectivity index (χ4v) is 5.57. The van der Waals surface area contributed by atoms with Crippen LogP contribution in [-0.4, -0.2) is 17.6 Å². The monoisotopic (exact) mass is 492 g/mol. The van der Waals surface area contributed by atoms with E-state index in [0.717, 1.165) is 26.8 Å². The normalized spacial score (nSPS) is 11.4. The maximum atomic E-state index is 4.72. The molecule has 0 aliphatic carbocycles. The molecule has 0 saturated heterocycles. The molecule has 0 unspecified atom stereocenters. The first-order valence-electron chi connectivity index (χ1n) is 10.7. The van der Waals surface area contributed by atoms with Gasteiger partial charge in [-0.15, -0.1) is 11.3 Å². The molecule has 0 atom stereocenters. The molecule has 1 heterocycles. The quantitative estimate of drug-likeness (QED) is 0.216. The topological polar surface area (TPSA) is 49.0 Å². The predicted octanol–water partition coefficient (Wildman–Crippen LogP) is 8.03. The van der Waals surface area contributed by atoms with Crippen LogP contribution in [0.2, 0.25) is 0 Å². The molecule has 1 aromatic heterocycles. The van der Waals surface area contributed by atoms with Crippen LogP contribution in [0, 0.1) is 0 Å². The lowest BCUT2D eigenvalue weighted by Crippen LogP contribution is -2.29. The lowest BCUT2D eigenvalue weighted by Gasteiger charge is -2.21. The van der Waals surface area contributed by atoms with Gasteiger partial charge in [-0.2, -0.15) is 0 Å². The maximum absolute atomic E-state index is 4.72. The minimum atomic E-state index is -0.00191. The van der Waals surface area contributed by atoms with E-state index in [9.17, 15) is 0 Å². The van der Waals surface area contributed by atoms with E-state index in [4.69, 9.17) is 4.98 Å². The van der Waals surface area contributed by atoms with Crippen molar-refractivity contribution in [2.24, 2.45) is 0 Å². The van der Waals surface area contributed by atoms with Gasteiger partial charge in [0.1, 0.15) is 5.01 Å². The van der Waals surface area contributed by atoms with Gasteiger partial charge in [0, 0.05) is 51.1 Å². The van der Waals surface area contributed by atoms with E-state index in [1.54, 1.807) is 35.2 Å². The van der Waals surface area contributed by atoms with Gasteiger partial charge in [0.2, 0.25) is 0 Å². The molecule has 0 saturated carbocycles. The molecule has 170 valence electrons. The van der Waals surface area contributed by atoms with E-state index in [2.05, 4.69) is 102 Å². The van der Waals surface area contributed by atoms with Crippen LogP contribution in [0.1, 0.15) is 20.8 Å². The number of thiazole rings is 1. The number of nitrogens with one attached hydrogen (secondary N) is 3. The maximum Gasteiger partial charge on any atom is 0.123 e. The molecule has 0 spiro atoms. The van der Waals surface area contributed by atoms with Crippen molar-refractivity contribution < 1.29 is 0 Å². The van der Waals surface area contributed by atoms with E-state index in [0.29, 0.717) is 0 Å². The zero-order valence-corrected chi connectivity index (χ0v) is 21.6. The SMILES string of the molecule is CNc1ccc(-c2ncc(-c3ccc(NSc4ccccc4)cc3SNC(C)(C)C)s2)cc1. The van der Waals surface area contributed by atoms with Crippen LogP contribution < -0.4 is 14.8 Å². The highest BCUT2D eigenvalue weighted by molar-refractivity contribution is 8.00. The third-order valence-electron chi connectivity index (χ3n) is 4.67. The van der Waals surface area contributed by atoms with Crippen LogP contribution in [-0.2, 0) is 0 Å². The minimum absolute atomic E-state index is 0.00191. The van der Waals surface area contributed by atoms with Crippen LogP contribution in [0.5, 0.6) is 0 Å². The summed E-state index contributed by atoms with van der Waals surface area (Å²) in [5.41, 5.74) is 4.47. The van der Waals surface area contributed by atoms with Gasteiger partial charge in [-0.05, 0) is 93.2 Å². The number of benzene rings is 3. The molecule has 0 fully saturated rings. The summed E-state index contributed by atoms with van der Waals surface area (Å²) in [5.74, 6) is 0. The van der Waals surface area contributed by atoms with Gasteiger partial charge in [0.05, 0.1) is 4.88 Å². The van der Waals surface area contributed by atoms with Gasteiger partial charge < -0.3 is 10.0 Å². The molecule has 4 aromatic rings. The van der Waals surface area contributed by atoms with E-state index >= 15 is 0 Å². The van der Waals surface area contributed by atoms with Crippen LogP contribution in [0.4, 0.5) is 11.4 Å². The van der Waals surface area contributed by atoms with Gasteiger partial charge in [-0.3, -0.25) is 4.72 Å². The number of aromatic nitrogens is 1. The number of anilines is 2. The summed E-state index contributed by atoms with van der Waals surface area (Å²) in [7, 11) is 1.93. The Morgan fingerprint density at radius 2 is 1.58 bits per heavy atom. The molecule has 0 aliphatic heterocycles. The van der Waals surface area contributed by atoms with E-state index in [1.807, 2.05) is 19.3 Å². The van der Waals surface area contributed by atoms with E-state index in [1.165, 1.54) is 15.4 Å². The average Bonchev–Trinajstić information content (AvgIpc) is 3.32. The van der Waals surface area contributed by atoms with Gasteiger partial charge >= 0.3 is 0 Å². The molecule has 3 aromatic carbocycles. The molecule has 4 rings (SSSR count). The molecular weight excluding hydrogens is 465 g/mol. The third kappa shape index (κ3) is 6.54. The molecule has 0 aliphatic rings. The first-order valence-corrected chi connectivity index (χ1v) is 13.2. The fourth-order valence-electron chi connectivity index (χ4n) is 3.00. The zero-order valence-electron chi connectivity index (χ0n) is 19.2. The van der Waals surface area contributed by atoms with Gasteiger partial charge in [-0.1, -0.05) is 24.3 Å². The van der Waals surface area contributed by atoms with Crippen molar-refractivity contribution >= 4 is 46.6 Å². The second-order valence-corrected chi connectivity index (χ2v) is 11.3. The molecular formula is C26H28N4S3. The molecule has 0 radical (unpaired) electrons. The average molecular weight is 493 g/mol. The van der Waals surface area contributed by atoms with Gasteiger partial charge in [0.25, 0.3) is 0 Å². The van der Waals surface area contributed by atoms with Crippen molar-refractivity contribution in [2.45, 2.75) is 36.1 Å². The summed E-state index contributed by atoms with van der Waals surface area (Å²) < 4.78 is 7.04. The van der Waals surface area contributed by atoms with Crippen LogP contribution in [0.15, 0.2) is 88.8 Å². The summed E-state index contributed by atoms with van der Waals surface area (Å²) in [6.07, 6.45) is 1.98. The van der Waals surface area contributed by atoms with E-state index < -0.39 is 0 Å². The van der Waals surface area contributed by atoms with Crippen molar-refractivity contribution in [3.05, 3.63) is 79.0 Å². The molecule has 3 N–H and O–H groups in total. The highest BCUT2D eigenvalue weighted by Gasteiger charge is 2.15. The Balaban J connectivity index is 1.59. The van der Waals surface area contributed by atoms with E-state index in [-0.39, 0.29) is 5.54 Å². The Hall–Kier alpha value is -2.45. The van der Waals surface area contributed by atoms with Gasteiger partial charge in [0.15, 0.2) is 0 Å². The number of nitrogens with zero attached hydrogens (tertiary/aromatic N) is 1. The lowest BCUT2D eigenvalue weighted by molar-refractivity contribution is 0.535. The first kappa shape index (κ1) is 23.7. The van der Waals surface area contributed by atoms with Gasteiger partial charge in [-0.25, -0.2) is 4.98 Å². The molecule has 0 bridgehead atoms. The summed E-state index contributed by atoms with van der Waals surface area (Å²) >= 11 is 5.00. The molecule has 4 nitrogen and oxygen atoms in total. The Morgan fingerprint density at radius 3 is 2.27 bits per heavy atom. The molecule has 7 heteroatoms. The third-order valence-corrected chi connectivity index (χ3v) is 7.87. The fraction of sp³-hybridized carbons (Fsp3) is 0.192. The van der Waals surface area contributed by atoms with Crippen molar-refractivity contribution in [2.75, 3.05) is 17.1 Å². The van der Waals surface area contributed by atoms with Crippen molar-refractivity contribution in [1.29, 1.82) is 0 Å². The number of hydrogen-bond acceptors (Lipinski definition) is 7. The first-order chi connectivity index (χ1) is 15.9.